The first kappa shape index (κ1) is 66.9. The molecule has 0 unspecified atom stereocenters. The summed E-state index contributed by atoms with van der Waals surface area (Å²) >= 11 is 13.2. The van der Waals surface area contributed by atoms with E-state index >= 15 is 0 Å². The smallest absolute Gasteiger partial charge is 0.481 e. The van der Waals surface area contributed by atoms with Crippen LogP contribution in [0.4, 0.5) is 0 Å². The fourth-order valence-corrected chi connectivity index (χ4v) is 3.59. The molecule has 0 aromatic heterocycles. The molecule has 0 aliphatic carbocycles. The second kappa shape index (κ2) is 62.4. The number of halogens is 2. The number of carbonyl (C=O) groups excluding carboxylic acids is 2. The Kier molecular flexibility index (Phi) is 94.9. The van der Waals surface area contributed by atoms with Crippen molar-refractivity contribution >= 4 is 68.8 Å². The molecule has 276 valence electrons. The zero-order valence-corrected chi connectivity index (χ0v) is 33.9. The Bertz CT molecular complexity index is 487. The van der Waals surface area contributed by atoms with Crippen LogP contribution in [-0.4, -0.2) is 73.0 Å². The zero-order chi connectivity index (χ0) is 34.9. The molecular formula is C29H67Cl2NNiO8P2S. The number of rotatable bonds is 12. The molecule has 0 aliphatic rings. The van der Waals surface area contributed by atoms with Crippen LogP contribution < -0.4 is 0 Å². The Hall–Kier alpha value is 0.574. The standard InChI is InChI=1S/C12H28NO2P.C4H8O2.C3H6O2S.C3H6O2.2C3H7.CH4.Cl2HP.Ni/c1-7-9-14-16(15-10-8-2)13(11(3)4)12(5)6;1-3-4(5)6-2;1-5-3(4)2-6;1-2-3(4)5;2*1-3-2;;1-3-2;/h11-12H,7-10H2,1-6H3;3H2,1-2H3;6H,2H2,1H3;2H2,1H3,(H,4,5);2*1,3H2,2H3;1H4;3H;/q;;;;2*-1;;;+2. The predicted octanol–water partition coefficient (Wildman–Crippen LogP) is 10.4. The van der Waals surface area contributed by atoms with Gasteiger partial charge in [-0.2, -0.15) is 25.5 Å². The molecule has 0 aromatic rings. The molecule has 0 saturated heterocycles. The Morgan fingerprint density at radius 1 is 0.818 bits per heavy atom. The molecule has 15 heteroatoms. The Balaban J connectivity index is -0.0000000524. The third kappa shape index (κ3) is 78.7. The van der Waals surface area contributed by atoms with E-state index in [2.05, 4.69) is 82.2 Å². The summed E-state index contributed by atoms with van der Waals surface area (Å²) < 4.78 is 22.5. The maximum absolute atomic E-state index is 9.96. The first-order chi connectivity index (χ1) is 19.7. The second-order valence-electron chi connectivity index (χ2n) is 7.95. The Morgan fingerprint density at radius 3 is 1.18 bits per heavy atom. The predicted molar refractivity (Wildman–Crippen MR) is 196 cm³/mol. The van der Waals surface area contributed by atoms with Gasteiger partial charge in [0, 0.05) is 24.9 Å². The number of thiol groups is 1. The summed E-state index contributed by atoms with van der Waals surface area (Å²) in [7, 11) is 1.86. The van der Waals surface area contributed by atoms with E-state index in [0.717, 1.165) is 38.9 Å². The van der Waals surface area contributed by atoms with Crippen molar-refractivity contribution in [1.82, 2.24) is 4.67 Å². The number of carboxylic acid groups (broad SMARTS) is 1. The summed E-state index contributed by atoms with van der Waals surface area (Å²) in [6.45, 7) is 29.0. The van der Waals surface area contributed by atoms with E-state index in [-0.39, 0.29) is 55.3 Å². The van der Waals surface area contributed by atoms with Gasteiger partial charge in [0.15, 0.2) is 0 Å². The Labute approximate surface area is 301 Å². The van der Waals surface area contributed by atoms with Crippen LogP contribution in [0.1, 0.15) is 115 Å². The van der Waals surface area contributed by atoms with E-state index in [0.29, 0.717) is 18.5 Å². The topological polar surface area (TPSA) is 112 Å². The SMILES string of the molecule is C.CCC(=O)O.CCC(=O)OC.CCCOP(OCCC)N(C(C)C)C(C)C.COC(=O)CS.ClPCl.[CH2-]CC.[CH2-]CC.[Ni+2]. The van der Waals surface area contributed by atoms with Gasteiger partial charge in [0.05, 0.1) is 40.5 Å². The molecule has 44 heavy (non-hydrogen) atoms. The van der Waals surface area contributed by atoms with Crippen LogP contribution >= 0.6 is 50.9 Å². The van der Waals surface area contributed by atoms with E-state index in [1.165, 1.54) is 14.2 Å². The van der Waals surface area contributed by atoms with Crippen molar-refractivity contribution in [2.24, 2.45) is 0 Å². The molecule has 0 atom stereocenters. The number of hydrogen-bond donors (Lipinski definition) is 2. The van der Waals surface area contributed by atoms with E-state index in [1.807, 2.05) is 13.8 Å². The fraction of sp³-hybridized carbons (Fsp3) is 0.828. The second-order valence-corrected chi connectivity index (χ2v) is 11.6. The van der Waals surface area contributed by atoms with E-state index in [1.54, 1.807) is 13.8 Å². The van der Waals surface area contributed by atoms with Gasteiger partial charge in [0.2, 0.25) is 0 Å². The summed E-state index contributed by atoms with van der Waals surface area (Å²) in [5.41, 5.74) is 0. The van der Waals surface area contributed by atoms with Crippen LogP contribution in [0.25, 0.3) is 0 Å². The molecular weight excluding hydrogens is 714 g/mol. The molecule has 0 fully saturated rings. The Morgan fingerprint density at radius 2 is 1.09 bits per heavy atom. The summed E-state index contributed by atoms with van der Waals surface area (Å²) in [6, 6.07) is 0.916. The number of carbonyl (C=O) groups is 3. The molecule has 0 rings (SSSR count). The van der Waals surface area contributed by atoms with Crippen molar-refractivity contribution in [3.05, 3.63) is 13.8 Å². The van der Waals surface area contributed by atoms with Crippen LogP contribution in [0.2, 0.25) is 0 Å². The van der Waals surface area contributed by atoms with Gasteiger partial charge in [-0.1, -0.05) is 71.5 Å². The molecule has 0 aromatic carbocycles. The van der Waals surface area contributed by atoms with Gasteiger partial charge >= 0.3 is 34.4 Å². The monoisotopic (exact) mass is 779 g/mol. The van der Waals surface area contributed by atoms with Gasteiger partial charge in [0.25, 0.3) is 8.53 Å². The van der Waals surface area contributed by atoms with Crippen molar-refractivity contribution in [3.8, 4) is 0 Å². The van der Waals surface area contributed by atoms with Gasteiger partial charge < -0.3 is 37.5 Å². The largest absolute Gasteiger partial charge is 2.00 e. The summed E-state index contributed by atoms with van der Waals surface area (Å²) in [4.78, 5) is 29.2. The number of aliphatic carboxylic acids is 1. The maximum atomic E-state index is 9.96. The number of ether oxygens (including phenoxy) is 2. The van der Waals surface area contributed by atoms with Crippen LogP contribution in [0.5, 0.6) is 0 Å². The first-order valence-electron chi connectivity index (χ1n) is 14.0. The van der Waals surface area contributed by atoms with Gasteiger partial charge in [-0.05, 0) is 40.5 Å². The van der Waals surface area contributed by atoms with E-state index < -0.39 is 14.5 Å². The van der Waals surface area contributed by atoms with Gasteiger partial charge in [0.1, 0.15) is 0 Å². The normalized spacial score (nSPS) is 8.66. The molecule has 0 aliphatic heterocycles. The van der Waals surface area contributed by atoms with Gasteiger partial charge in [-0.3, -0.25) is 14.4 Å². The number of carboxylic acids is 1. The number of esters is 2. The number of methoxy groups -OCH3 is 2. The van der Waals surface area contributed by atoms with Crippen molar-refractivity contribution in [2.75, 3.05) is 33.2 Å². The summed E-state index contributed by atoms with van der Waals surface area (Å²) in [5, 5.41) is 7.72. The van der Waals surface area contributed by atoms with Crippen LogP contribution in [0.15, 0.2) is 0 Å². The van der Waals surface area contributed by atoms with Gasteiger partial charge in [-0.25, -0.2) is 4.67 Å². The third-order valence-corrected chi connectivity index (χ3v) is 5.60. The summed E-state index contributed by atoms with van der Waals surface area (Å²) in [5.74, 6) is -1.03. The average molecular weight is 781 g/mol. The molecule has 0 saturated carbocycles. The minimum Gasteiger partial charge on any atom is -0.481 e. The third-order valence-electron chi connectivity index (χ3n) is 3.23. The van der Waals surface area contributed by atoms with Crippen molar-refractivity contribution in [1.29, 1.82) is 0 Å². The molecule has 0 spiro atoms. The molecule has 0 amide bonds. The molecule has 0 bridgehead atoms. The molecule has 0 radical (unpaired) electrons. The van der Waals surface area contributed by atoms with E-state index in [9.17, 15) is 14.4 Å². The van der Waals surface area contributed by atoms with Crippen molar-refractivity contribution in [3.63, 3.8) is 0 Å². The molecule has 9 nitrogen and oxygen atoms in total. The van der Waals surface area contributed by atoms with Crippen LogP contribution in [0.3, 0.4) is 0 Å². The minimum atomic E-state index is -0.881. The zero-order valence-electron chi connectivity index (χ0n) is 28.7. The molecule has 1 N–H and O–H groups in total. The maximum Gasteiger partial charge on any atom is 2.00 e. The van der Waals surface area contributed by atoms with E-state index in [4.69, 9.17) is 36.6 Å². The number of hydrogen-bond acceptors (Lipinski definition) is 9. The fourth-order valence-electron chi connectivity index (χ4n) is 1.69. The van der Waals surface area contributed by atoms with Crippen molar-refractivity contribution in [2.45, 2.75) is 127 Å². The molecule has 0 heterocycles. The first-order valence-corrected chi connectivity index (χ1v) is 18.8. The summed E-state index contributed by atoms with van der Waals surface area (Å²) in [6.07, 6.45) is 4.77. The number of nitrogens with zero attached hydrogens (tertiary/aromatic N) is 1. The quantitative estimate of drug-likeness (QED) is 0.0657. The van der Waals surface area contributed by atoms with Crippen LogP contribution in [0, 0.1) is 13.8 Å². The van der Waals surface area contributed by atoms with Crippen LogP contribution in [-0.2, 0) is 49.4 Å². The average Bonchev–Trinajstić information content (AvgIpc) is 2.95. The van der Waals surface area contributed by atoms with Gasteiger partial charge in [-0.15, -0.1) is 0 Å². The minimum absolute atomic E-state index is 0. The van der Waals surface area contributed by atoms with Crippen molar-refractivity contribution < 1.29 is 54.5 Å².